The second-order valence-corrected chi connectivity index (χ2v) is 10.2. The largest absolute Gasteiger partial charge is 0.369 e. The average Bonchev–Trinajstić information content (AvgIpc) is 3.19. The van der Waals surface area contributed by atoms with Crippen molar-refractivity contribution in [2.24, 2.45) is 0 Å². The number of amides is 1. The van der Waals surface area contributed by atoms with Gasteiger partial charge in [0.25, 0.3) is 5.91 Å². The van der Waals surface area contributed by atoms with Crippen molar-refractivity contribution in [3.05, 3.63) is 40.7 Å². The molecular weight excluding hydrogens is 448 g/mol. The number of fused-ring (bicyclic) bond motifs is 2. The highest BCUT2D eigenvalue weighted by atomic mass is 32.1. The molecule has 2 aliphatic rings. The van der Waals surface area contributed by atoms with Gasteiger partial charge in [-0.05, 0) is 51.5 Å². The molecular formula is C24H30N8OS. The van der Waals surface area contributed by atoms with Crippen molar-refractivity contribution in [2.75, 3.05) is 53.2 Å². The Bertz CT molecular complexity index is 1230. The molecule has 4 heterocycles. The lowest BCUT2D eigenvalue weighted by atomic mass is 10.1. The molecule has 2 aromatic heterocycles. The lowest BCUT2D eigenvalue weighted by molar-refractivity contribution is 0.0977. The van der Waals surface area contributed by atoms with Crippen molar-refractivity contribution in [1.82, 2.24) is 20.3 Å². The van der Waals surface area contributed by atoms with Crippen LogP contribution >= 0.6 is 11.3 Å². The number of benzene rings is 1. The summed E-state index contributed by atoms with van der Waals surface area (Å²) in [5.41, 5.74) is 4.46. The van der Waals surface area contributed by atoms with Crippen LogP contribution in [0.1, 0.15) is 34.9 Å². The number of hydrogen-bond donors (Lipinski definition) is 2. The maximum atomic E-state index is 13.3. The molecule has 1 aromatic carbocycles. The van der Waals surface area contributed by atoms with E-state index < -0.39 is 0 Å². The predicted molar refractivity (Wildman–Crippen MR) is 138 cm³/mol. The Morgan fingerprint density at radius 2 is 1.91 bits per heavy atom. The van der Waals surface area contributed by atoms with Crippen molar-refractivity contribution >= 4 is 51.1 Å². The molecule has 5 rings (SSSR count). The molecule has 1 amide bonds. The van der Waals surface area contributed by atoms with Crippen LogP contribution in [-0.2, 0) is 0 Å². The summed E-state index contributed by atoms with van der Waals surface area (Å²) in [4.78, 5) is 33.4. The molecule has 9 nitrogen and oxygen atoms in total. The summed E-state index contributed by atoms with van der Waals surface area (Å²) in [6.45, 7) is 12.0. The molecule has 2 aliphatic heterocycles. The molecule has 3 aromatic rings. The van der Waals surface area contributed by atoms with Gasteiger partial charge < -0.3 is 20.4 Å². The lowest BCUT2D eigenvalue weighted by Gasteiger charge is -2.30. The molecule has 34 heavy (non-hydrogen) atoms. The van der Waals surface area contributed by atoms with Crippen molar-refractivity contribution in [3.63, 3.8) is 0 Å². The number of piperazine rings is 1. The first-order chi connectivity index (χ1) is 16.3. The summed E-state index contributed by atoms with van der Waals surface area (Å²) in [5, 5.41) is 8.43. The highest BCUT2D eigenvalue weighted by Gasteiger charge is 2.35. The zero-order valence-electron chi connectivity index (χ0n) is 20.2. The zero-order chi connectivity index (χ0) is 24.0. The summed E-state index contributed by atoms with van der Waals surface area (Å²) >= 11 is 1.50. The molecule has 2 N–H and O–H groups in total. The van der Waals surface area contributed by atoms with E-state index in [0.29, 0.717) is 23.1 Å². The molecule has 0 spiro atoms. The Morgan fingerprint density at radius 1 is 1.15 bits per heavy atom. The topological polar surface area (TPSA) is 89.5 Å². The third kappa shape index (κ3) is 3.97. The third-order valence-electron chi connectivity index (χ3n) is 6.22. The Balaban J connectivity index is 1.49. The first-order valence-corrected chi connectivity index (χ1v) is 12.4. The van der Waals surface area contributed by atoms with Crippen LogP contribution in [-0.4, -0.2) is 60.1 Å². The van der Waals surface area contributed by atoms with Gasteiger partial charge in [0.1, 0.15) is 10.7 Å². The number of carbonyl (C=O) groups excluding carboxylic acids is 1. The number of carbonyl (C=O) groups is 1. The van der Waals surface area contributed by atoms with Gasteiger partial charge in [-0.15, -0.1) is 11.3 Å². The maximum absolute atomic E-state index is 13.3. The monoisotopic (exact) mass is 478 g/mol. The Hall–Kier alpha value is -3.24. The van der Waals surface area contributed by atoms with E-state index in [1.807, 2.05) is 32.7 Å². The first kappa shape index (κ1) is 22.5. The summed E-state index contributed by atoms with van der Waals surface area (Å²) in [6, 6.07) is 6.37. The molecule has 10 heteroatoms. The fourth-order valence-electron chi connectivity index (χ4n) is 4.49. The van der Waals surface area contributed by atoms with Crippen LogP contribution in [0, 0.1) is 13.8 Å². The number of thiazole rings is 1. The van der Waals surface area contributed by atoms with E-state index in [4.69, 9.17) is 4.98 Å². The van der Waals surface area contributed by atoms with Crippen LogP contribution in [0.4, 0.5) is 33.8 Å². The molecule has 0 saturated carbocycles. The number of aryl methyl sites for hydroxylation is 2. The fraction of sp³-hybridized carbons (Fsp3) is 0.417. The van der Waals surface area contributed by atoms with E-state index in [9.17, 15) is 4.79 Å². The van der Waals surface area contributed by atoms with Crippen molar-refractivity contribution < 1.29 is 4.79 Å². The lowest BCUT2D eigenvalue weighted by Crippen LogP contribution is -2.43. The van der Waals surface area contributed by atoms with Gasteiger partial charge in [-0.25, -0.2) is 9.97 Å². The van der Waals surface area contributed by atoms with E-state index in [0.717, 1.165) is 47.4 Å². The summed E-state index contributed by atoms with van der Waals surface area (Å²) in [6.07, 6.45) is 1.73. The summed E-state index contributed by atoms with van der Waals surface area (Å²) in [5.74, 6) is 1.05. The van der Waals surface area contributed by atoms with Crippen molar-refractivity contribution in [2.45, 2.75) is 33.7 Å². The molecule has 0 atom stereocenters. The van der Waals surface area contributed by atoms with Crippen molar-refractivity contribution in [3.8, 4) is 0 Å². The van der Waals surface area contributed by atoms with Crippen LogP contribution in [0.25, 0.3) is 0 Å². The zero-order valence-corrected chi connectivity index (χ0v) is 21.0. The van der Waals surface area contributed by atoms with E-state index in [2.05, 4.69) is 50.6 Å². The SMILES string of the molecule is Cc1nc2c(s1)N(C)c1nc(Nc3ccc(N4CCNCC4)cc3C)ncc1N(C(C)C)C2=O. The number of hydrogen-bond acceptors (Lipinski definition) is 9. The van der Waals surface area contributed by atoms with E-state index >= 15 is 0 Å². The standard InChI is InChI=1S/C24H30N8OS/c1-14(2)32-19-13-26-24(29-21(19)30(5)23-20(22(32)33)27-16(4)34-23)28-18-7-6-17(12-15(18)3)31-10-8-25-9-11-31/h6-7,12-14,25H,8-11H2,1-5H3,(H,26,28,29). The molecule has 1 fully saturated rings. The normalized spacial score (nSPS) is 15.9. The highest BCUT2D eigenvalue weighted by Crippen LogP contribution is 2.42. The second kappa shape index (κ2) is 8.84. The number of anilines is 6. The van der Waals surface area contributed by atoms with Crippen LogP contribution in [0.15, 0.2) is 24.4 Å². The van der Waals surface area contributed by atoms with Gasteiger partial charge >= 0.3 is 0 Å². The molecule has 178 valence electrons. The number of nitrogens with zero attached hydrogens (tertiary/aromatic N) is 6. The number of rotatable bonds is 4. The van der Waals surface area contributed by atoms with Gasteiger partial charge in [-0.1, -0.05) is 0 Å². The van der Waals surface area contributed by atoms with Crippen molar-refractivity contribution in [1.29, 1.82) is 0 Å². The smallest absolute Gasteiger partial charge is 0.280 e. The molecule has 1 saturated heterocycles. The van der Waals surface area contributed by atoms with Crippen LogP contribution in [0.5, 0.6) is 0 Å². The third-order valence-corrected chi connectivity index (χ3v) is 7.27. The second-order valence-electron chi connectivity index (χ2n) is 8.98. The van der Waals surface area contributed by atoms with Crippen LogP contribution in [0.2, 0.25) is 0 Å². The molecule has 0 radical (unpaired) electrons. The van der Waals surface area contributed by atoms with Gasteiger partial charge in [0.2, 0.25) is 5.95 Å². The highest BCUT2D eigenvalue weighted by molar-refractivity contribution is 7.16. The molecule has 0 bridgehead atoms. The van der Waals surface area contributed by atoms with E-state index in [-0.39, 0.29) is 11.9 Å². The van der Waals surface area contributed by atoms with Crippen LogP contribution in [0.3, 0.4) is 0 Å². The Morgan fingerprint density at radius 3 is 2.62 bits per heavy atom. The Labute approximate surface area is 203 Å². The fourth-order valence-corrected chi connectivity index (χ4v) is 5.36. The molecule has 0 aliphatic carbocycles. The van der Waals surface area contributed by atoms with Gasteiger partial charge in [-0.2, -0.15) is 4.98 Å². The summed E-state index contributed by atoms with van der Waals surface area (Å²) in [7, 11) is 1.93. The van der Waals surface area contributed by atoms with Gasteiger partial charge in [0, 0.05) is 50.6 Å². The minimum Gasteiger partial charge on any atom is -0.369 e. The van der Waals surface area contributed by atoms with Crippen LogP contribution < -0.4 is 25.3 Å². The van der Waals surface area contributed by atoms with Gasteiger partial charge in [0.05, 0.1) is 11.2 Å². The number of aromatic nitrogens is 3. The Kier molecular flexibility index (Phi) is 5.86. The predicted octanol–water partition coefficient (Wildman–Crippen LogP) is 3.84. The van der Waals surface area contributed by atoms with E-state index in [1.165, 1.54) is 17.0 Å². The van der Waals surface area contributed by atoms with E-state index in [1.54, 1.807) is 11.1 Å². The number of nitrogens with one attached hydrogen (secondary N) is 2. The average molecular weight is 479 g/mol. The first-order valence-electron chi connectivity index (χ1n) is 11.6. The maximum Gasteiger partial charge on any atom is 0.280 e. The van der Waals surface area contributed by atoms with Gasteiger partial charge in [-0.3, -0.25) is 9.69 Å². The molecule has 0 unspecified atom stereocenters. The minimum atomic E-state index is -0.122. The van der Waals surface area contributed by atoms with Gasteiger partial charge in [0.15, 0.2) is 11.5 Å². The minimum absolute atomic E-state index is 0.0604. The summed E-state index contributed by atoms with van der Waals surface area (Å²) < 4.78 is 0. The quantitative estimate of drug-likeness (QED) is 0.585.